The highest BCUT2D eigenvalue weighted by atomic mass is 35.5. The van der Waals surface area contributed by atoms with E-state index in [-0.39, 0.29) is 0 Å². The molecule has 0 amide bonds. The van der Waals surface area contributed by atoms with Crippen LogP contribution >= 0.6 is 23.2 Å². The van der Waals surface area contributed by atoms with E-state index in [1.165, 1.54) is 106 Å². The van der Waals surface area contributed by atoms with E-state index in [1.807, 2.05) is 0 Å². The van der Waals surface area contributed by atoms with Gasteiger partial charge >= 0.3 is 0 Å². The Hall–Kier alpha value is -0.200. The molecule has 1 aromatic carbocycles. The van der Waals surface area contributed by atoms with E-state index in [0.29, 0.717) is 11.8 Å². The van der Waals surface area contributed by atoms with Gasteiger partial charge in [0.15, 0.2) is 0 Å². The van der Waals surface area contributed by atoms with Crippen molar-refractivity contribution in [2.45, 2.75) is 102 Å². The van der Waals surface area contributed by atoms with Crippen molar-refractivity contribution in [3.8, 4) is 0 Å². The van der Waals surface area contributed by atoms with Crippen LogP contribution in [-0.4, -0.2) is 0 Å². The largest absolute Gasteiger partial charge is 0.122 e. The van der Waals surface area contributed by atoms with Gasteiger partial charge in [-0.15, -0.1) is 23.2 Å². The van der Waals surface area contributed by atoms with Crippen molar-refractivity contribution in [1.82, 2.24) is 0 Å². The third kappa shape index (κ3) is 6.96. The lowest BCUT2D eigenvalue weighted by Gasteiger charge is -2.15. The molecule has 1 aromatic rings. The van der Waals surface area contributed by atoms with Gasteiger partial charge in [0, 0.05) is 11.8 Å². The zero-order valence-corrected chi connectivity index (χ0v) is 16.7. The maximum Gasteiger partial charge on any atom is 0.0477 e. The fourth-order valence-electron chi connectivity index (χ4n) is 3.97. The van der Waals surface area contributed by atoms with Gasteiger partial charge in [0.1, 0.15) is 0 Å². The van der Waals surface area contributed by atoms with Gasteiger partial charge in [-0.2, -0.15) is 0 Å². The van der Waals surface area contributed by atoms with Crippen molar-refractivity contribution >= 4 is 23.2 Å². The minimum Gasteiger partial charge on any atom is -0.122 e. The van der Waals surface area contributed by atoms with Gasteiger partial charge in [-0.05, 0) is 47.9 Å². The van der Waals surface area contributed by atoms with Gasteiger partial charge in [-0.25, -0.2) is 0 Å². The molecule has 136 valence electrons. The summed E-state index contributed by atoms with van der Waals surface area (Å²) < 4.78 is 0. The van der Waals surface area contributed by atoms with Gasteiger partial charge in [0.05, 0.1) is 0 Å². The summed E-state index contributed by atoms with van der Waals surface area (Å²) in [6.07, 6.45) is 18.9. The third-order valence-electron chi connectivity index (χ3n) is 5.42. The number of halogens is 2. The van der Waals surface area contributed by atoms with Crippen LogP contribution in [0.25, 0.3) is 0 Å². The van der Waals surface area contributed by atoms with Crippen molar-refractivity contribution in [2.75, 3.05) is 0 Å². The lowest BCUT2D eigenvalue weighted by atomic mass is 9.92. The topological polar surface area (TPSA) is 0 Å². The summed E-state index contributed by atoms with van der Waals surface area (Å²) in [6.45, 7) is 0. The van der Waals surface area contributed by atoms with Crippen molar-refractivity contribution < 1.29 is 0 Å². The number of rotatable bonds is 2. The summed E-state index contributed by atoms with van der Waals surface area (Å²) >= 11 is 12.5. The minimum atomic E-state index is 0.618. The van der Waals surface area contributed by atoms with E-state index in [4.69, 9.17) is 23.2 Å². The second-order valence-electron chi connectivity index (χ2n) is 7.40. The molecule has 3 rings (SSSR count). The highest BCUT2D eigenvalue weighted by Crippen LogP contribution is 2.25. The second-order valence-corrected chi connectivity index (χ2v) is 7.94. The van der Waals surface area contributed by atoms with Crippen LogP contribution in [0.4, 0.5) is 0 Å². The van der Waals surface area contributed by atoms with Gasteiger partial charge in [0.2, 0.25) is 0 Å². The number of aryl methyl sites for hydroxylation is 1. The fraction of sp³-hybridized carbons (Fsp3) is 0.727. The Balaban J connectivity index is 2.05. The summed E-state index contributed by atoms with van der Waals surface area (Å²) in [6, 6.07) is 4.70. The molecule has 0 heterocycles. The first-order valence-corrected chi connectivity index (χ1v) is 11.2. The standard InChI is InChI=1S/C22H34Cl2/c23-17-20-15-19-13-11-9-7-5-3-1-2-4-6-8-10-12-14-22(20)21(16-19)18-24/h15-16H,1-14,17-18H2. The number of fused-ring (bicyclic) bond motifs is 15. The molecule has 0 saturated heterocycles. The molecule has 0 radical (unpaired) electrons. The highest BCUT2D eigenvalue weighted by Gasteiger charge is 2.10. The predicted molar refractivity (Wildman–Crippen MR) is 108 cm³/mol. The summed E-state index contributed by atoms with van der Waals surface area (Å²) in [4.78, 5) is 0. The monoisotopic (exact) mass is 368 g/mol. The molecular weight excluding hydrogens is 335 g/mol. The Morgan fingerprint density at radius 1 is 0.542 bits per heavy atom. The van der Waals surface area contributed by atoms with Crippen LogP contribution in [0.1, 0.15) is 99.3 Å². The van der Waals surface area contributed by atoms with Crippen LogP contribution in [0, 0.1) is 0 Å². The van der Waals surface area contributed by atoms with Crippen LogP contribution in [0.2, 0.25) is 0 Å². The van der Waals surface area contributed by atoms with Crippen LogP contribution in [0.5, 0.6) is 0 Å². The first-order valence-electron chi connectivity index (χ1n) is 10.1. The molecule has 0 nitrogen and oxygen atoms in total. The molecule has 2 aliphatic rings. The minimum absolute atomic E-state index is 0.618. The summed E-state index contributed by atoms with van der Waals surface area (Å²) in [5.41, 5.74) is 5.52. The first-order chi connectivity index (χ1) is 11.8. The lowest BCUT2D eigenvalue weighted by Crippen LogP contribution is -2.01. The Morgan fingerprint density at radius 2 is 0.917 bits per heavy atom. The molecule has 0 atom stereocenters. The second kappa shape index (κ2) is 12.2. The molecule has 0 aromatic heterocycles. The van der Waals surface area contributed by atoms with E-state index >= 15 is 0 Å². The third-order valence-corrected chi connectivity index (χ3v) is 6.00. The maximum absolute atomic E-state index is 6.26. The number of hydrogen-bond acceptors (Lipinski definition) is 0. The summed E-state index contributed by atoms with van der Waals surface area (Å²) in [7, 11) is 0. The van der Waals surface area contributed by atoms with E-state index in [1.54, 1.807) is 0 Å². The zero-order chi connectivity index (χ0) is 17.0. The number of hydrogen-bond donors (Lipinski definition) is 0. The SMILES string of the molecule is ClCc1cc2cc(CCl)c1CCCCCCCCCCCCCC2. The zero-order valence-electron chi connectivity index (χ0n) is 15.2. The molecule has 2 heteroatoms. The normalized spacial score (nSPS) is 18.9. The Labute approximate surface area is 159 Å². The first kappa shape index (κ1) is 20.1. The molecule has 0 unspecified atom stereocenters. The summed E-state index contributed by atoms with van der Waals surface area (Å²) in [5, 5.41) is 0. The maximum atomic E-state index is 6.26. The Kier molecular flexibility index (Phi) is 10.2. The fourth-order valence-corrected chi connectivity index (χ4v) is 4.45. The molecule has 2 bridgehead atoms. The van der Waals surface area contributed by atoms with E-state index in [9.17, 15) is 0 Å². The molecule has 0 spiro atoms. The quantitative estimate of drug-likeness (QED) is 0.464. The molecule has 0 aliphatic heterocycles. The molecule has 24 heavy (non-hydrogen) atoms. The van der Waals surface area contributed by atoms with Crippen LogP contribution in [0.15, 0.2) is 12.1 Å². The average Bonchev–Trinajstić information content (AvgIpc) is 2.61. The van der Waals surface area contributed by atoms with Crippen LogP contribution in [0.3, 0.4) is 0 Å². The lowest BCUT2D eigenvalue weighted by molar-refractivity contribution is 0.539. The number of alkyl halides is 2. The predicted octanol–water partition coefficient (Wildman–Crippen LogP) is 7.94. The van der Waals surface area contributed by atoms with Gasteiger partial charge in [-0.3, -0.25) is 0 Å². The molecule has 0 saturated carbocycles. The van der Waals surface area contributed by atoms with Crippen molar-refractivity contribution in [2.24, 2.45) is 0 Å². The highest BCUT2D eigenvalue weighted by molar-refractivity contribution is 6.18. The Morgan fingerprint density at radius 3 is 1.33 bits per heavy atom. The van der Waals surface area contributed by atoms with Crippen molar-refractivity contribution in [3.63, 3.8) is 0 Å². The van der Waals surface area contributed by atoms with E-state index in [2.05, 4.69) is 12.1 Å². The molecule has 2 aliphatic carbocycles. The van der Waals surface area contributed by atoms with Crippen LogP contribution in [-0.2, 0) is 24.6 Å². The molecular formula is C22H34Cl2. The van der Waals surface area contributed by atoms with Crippen molar-refractivity contribution in [3.05, 3.63) is 34.4 Å². The van der Waals surface area contributed by atoms with Crippen LogP contribution < -0.4 is 0 Å². The van der Waals surface area contributed by atoms with Gasteiger partial charge in [0.25, 0.3) is 0 Å². The van der Waals surface area contributed by atoms with Gasteiger partial charge in [-0.1, -0.05) is 76.3 Å². The Bertz CT molecular complexity index is 442. The number of benzene rings is 1. The van der Waals surface area contributed by atoms with E-state index in [0.717, 1.165) is 6.42 Å². The molecule has 0 fully saturated rings. The smallest absolute Gasteiger partial charge is 0.0477 e. The summed E-state index contributed by atoms with van der Waals surface area (Å²) in [5.74, 6) is 1.24. The average molecular weight is 369 g/mol. The molecule has 0 N–H and O–H groups in total. The van der Waals surface area contributed by atoms with Crippen molar-refractivity contribution in [1.29, 1.82) is 0 Å². The van der Waals surface area contributed by atoms with E-state index < -0.39 is 0 Å². The van der Waals surface area contributed by atoms with Gasteiger partial charge < -0.3 is 0 Å².